The molecule has 5 aromatic carbocycles. The fourth-order valence-electron chi connectivity index (χ4n) is 5.85. The maximum Gasteiger partial charge on any atom is 0.212 e. The van der Waals surface area contributed by atoms with Crippen LogP contribution < -0.4 is 9.13 Å². The molecule has 0 aliphatic rings. The first kappa shape index (κ1) is 20.8. The molecule has 7 rings (SSSR count). The third kappa shape index (κ3) is 3.11. The summed E-state index contributed by atoms with van der Waals surface area (Å²) in [6.45, 7) is 0. The molecule has 0 unspecified atom stereocenters. The standard InChI is InChI=1S/C34H26N2/c1-35-21-25(19-23-11-3-9-17-31(23)35)33-27-13-5-7-15-29(27)34(30-16-8-6-14-28(30)33)26-20-24-12-4-10-18-32(24)36(2)22-26/h3-22H,1-2H3/q+2. The van der Waals surface area contributed by atoms with Crippen LogP contribution >= 0.6 is 0 Å². The maximum atomic E-state index is 2.33. The minimum Gasteiger partial charge on any atom is -0.200 e. The molecular formula is C34H26N2+2. The molecule has 2 aromatic heterocycles. The van der Waals surface area contributed by atoms with E-state index in [4.69, 9.17) is 0 Å². The van der Waals surface area contributed by atoms with Crippen molar-refractivity contribution in [2.24, 2.45) is 14.1 Å². The van der Waals surface area contributed by atoms with Gasteiger partial charge < -0.3 is 0 Å². The Morgan fingerprint density at radius 2 is 0.750 bits per heavy atom. The second kappa shape index (κ2) is 8.00. The maximum absolute atomic E-state index is 2.33. The Morgan fingerprint density at radius 1 is 0.417 bits per heavy atom. The quantitative estimate of drug-likeness (QED) is 0.188. The minimum atomic E-state index is 1.23. The average Bonchev–Trinajstić information content (AvgIpc) is 2.91. The van der Waals surface area contributed by atoms with Gasteiger partial charge in [-0.05, 0) is 45.8 Å². The van der Waals surface area contributed by atoms with Crippen molar-refractivity contribution in [3.05, 3.63) is 122 Å². The molecule has 2 heterocycles. The van der Waals surface area contributed by atoms with Crippen molar-refractivity contribution in [1.29, 1.82) is 0 Å². The summed E-state index contributed by atoms with van der Waals surface area (Å²) >= 11 is 0. The van der Waals surface area contributed by atoms with Crippen LogP contribution in [-0.4, -0.2) is 0 Å². The smallest absolute Gasteiger partial charge is 0.200 e. The second-order valence-corrected chi connectivity index (χ2v) is 9.64. The second-order valence-electron chi connectivity index (χ2n) is 9.64. The zero-order valence-electron chi connectivity index (χ0n) is 20.4. The predicted octanol–water partition coefficient (Wildman–Crippen LogP) is 7.28. The van der Waals surface area contributed by atoms with Gasteiger partial charge in [0.05, 0.1) is 0 Å². The first-order chi connectivity index (χ1) is 17.7. The van der Waals surface area contributed by atoms with Crippen LogP contribution in [0.1, 0.15) is 0 Å². The molecule has 2 nitrogen and oxygen atoms in total. The molecule has 0 aliphatic carbocycles. The van der Waals surface area contributed by atoms with Crippen molar-refractivity contribution in [2.75, 3.05) is 0 Å². The van der Waals surface area contributed by atoms with E-state index in [0.717, 1.165) is 0 Å². The summed E-state index contributed by atoms with van der Waals surface area (Å²) in [6.07, 6.45) is 4.54. The number of nitrogens with zero attached hydrogens (tertiary/aromatic N) is 2. The average molecular weight is 463 g/mol. The largest absolute Gasteiger partial charge is 0.212 e. The van der Waals surface area contributed by atoms with Gasteiger partial charge in [-0.2, -0.15) is 0 Å². The molecule has 0 radical (unpaired) electrons. The first-order valence-corrected chi connectivity index (χ1v) is 12.4. The van der Waals surface area contributed by atoms with E-state index in [1.165, 1.54) is 65.6 Å². The lowest BCUT2D eigenvalue weighted by Gasteiger charge is -2.17. The summed E-state index contributed by atoms with van der Waals surface area (Å²) in [4.78, 5) is 0. The topological polar surface area (TPSA) is 7.76 Å². The number of pyridine rings is 2. The van der Waals surface area contributed by atoms with Crippen molar-refractivity contribution in [3.63, 3.8) is 0 Å². The Bertz CT molecular complexity index is 1770. The summed E-state index contributed by atoms with van der Waals surface area (Å²) in [5.74, 6) is 0. The number of para-hydroxylation sites is 2. The Balaban J connectivity index is 1.63. The van der Waals surface area contributed by atoms with Crippen LogP contribution in [0.4, 0.5) is 0 Å². The summed E-state index contributed by atoms with van der Waals surface area (Å²) in [5, 5.41) is 7.59. The fraction of sp³-hybridized carbons (Fsp3) is 0.0588. The summed E-state index contributed by atoms with van der Waals surface area (Å²) in [5.41, 5.74) is 7.51. The van der Waals surface area contributed by atoms with E-state index < -0.39 is 0 Å². The van der Waals surface area contributed by atoms with Gasteiger partial charge in [-0.25, -0.2) is 9.13 Å². The Hall–Kier alpha value is -4.56. The molecule has 0 fully saturated rings. The van der Waals surface area contributed by atoms with Crippen LogP contribution in [0, 0.1) is 0 Å². The Labute approximate surface area is 210 Å². The molecule has 36 heavy (non-hydrogen) atoms. The normalized spacial score (nSPS) is 11.6. The Morgan fingerprint density at radius 3 is 1.14 bits per heavy atom. The number of aromatic nitrogens is 2. The van der Waals surface area contributed by atoms with Crippen LogP contribution in [0.15, 0.2) is 122 Å². The van der Waals surface area contributed by atoms with E-state index in [1.54, 1.807) is 0 Å². The van der Waals surface area contributed by atoms with E-state index in [-0.39, 0.29) is 0 Å². The number of aryl methyl sites for hydroxylation is 2. The lowest BCUT2D eigenvalue weighted by Crippen LogP contribution is -2.28. The highest BCUT2D eigenvalue weighted by Gasteiger charge is 2.20. The molecule has 2 heteroatoms. The number of hydrogen-bond donors (Lipinski definition) is 0. The molecule has 0 atom stereocenters. The van der Waals surface area contributed by atoms with Crippen molar-refractivity contribution in [1.82, 2.24) is 0 Å². The molecule has 0 bridgehead atoms. The molecule has 0 amide bonds. The van der Waals surface area contributed by atoms with Crippen LogP contribution in [0.2, 0.25) is 0 Å². The van der Waals surface area contributed by atoms with Crippen LogP contribution in [0.25, 0.3) is 65.6 Å². The van der Waals surface area contributed by atoms with Crippen LogP contribution in [0.3, 0.4) is 0 Å². The summed E-state index contributed by atoms with van der Waals surface area (Å²) in [6, 6.07) is 39.6. The van der Waals surface area contributed by atoms with E-state index in [0.29, 0.717) is 0 Å². The van der Waals surface area contributed by atoms with Gasteiger partial charge in [0, 0.05) is 45.2 Å². The van der Waals surface area contributed by atoms with Gasteiger partial charge in [-0.15, -0.1) is 0 Å². The lowest BCUT2D eigenvalue weighted by molar-refractivity contribution is -0.644. The van der Waals surface area contributed by atoms with E-state index in [1.807, 2.05) is 0 Å². The molecule has 0 saturated carbocycles. The molecule has 170 valence electrons. The minimum absolute atomic E-state index is 1.23. The van der Waals surface area contributed by atoms with Crippen molar-refractivity contribution >= 4 is 43.4 Å². The van der Waals surface area contributed by atoms with Crippen LogP contribution in [0.5, 0.6) is 0 Å². The third-order valence-electron chi connectivity index (χ3n) is 7.43. The zero-order chi connectivity index (χ0) is 24.2. The number of benzene rings is 5. The Kier molecular flexibility index (Phi) is 4.62. The van der Waals surface area contributed by atoms with Crippen molar-refractivity contribution < 1.29 is 9.13 Å². The molecule has 0 spiro atoms. The highest BCUT2D eigenvalue weighted by Crippen LogP contribution is 2.43. The molecule has 0 aliphatic heterocycles. The first-order valence-electron chi connectivity index (χ1n) is 12.4. The van der Waals surface area contributed by atoms with Gasteiger partial charge in [-0.1, -0.05) is 72.8 Å². The monoisotopic (exact) mass is 462 g/mol. The number of hydrogen-bond acceptors (Lipinski definition) is 0. The van der Waals surface area contributed by atoms with Gasteiger partial charge in [0.2, 0.25) is 11.0 Å². The highest BCUT2D eigenvalue weighted by molar-refractivity contribution is 6.21. The number of rotatable bonds is 2. The van der Waals surface area contributed by atoms with E-state index >= 15 is 0 Å². The summed E-state index contributed by atoms with van der Waals surface area (Å²) < 4.78 is 4.48. The highest BCUT2D eigenvalue weighted by atomic mass is 14.9. The van der Waals surface area contributed by atoms with Gasteiger partial charge in [0.25, 0.3) is 0 Å². The van der Waals surface area contributed by atoms with Gasteiger partial charge in [0.15, 0.2) is 12.4 Å². The van der Waals surface area contributed by atoms with Gasteiger partial charge >= 0.3 is 0 Å². The van der Waals surface area contributed by atoms with Crippen molar-refractivity contribution in [3.8, 4) is 22.3 Å². The number of fused-ring (bicyclic) bond motifs is 4. The van der Waals surface area contributed by atoms with E-state index in [9.17, 15) is 0 Å². The van der Waals surface area contributed by atoms with Crippen molar-refractivity contribution in [2.45, 2.75) is 0 Å². The molecule has 0 N–H and O–H groups in total. The SMILES string of the molecule is C[n+]1cc(-c2c3ccccc3c(-c3cc4ccccc4[n+](C)c3)c3ccccc23)cc2ccccc21. The fourth-order valence-corrected chi connectivity index (χ4v) is 5.85. The third-order valence-corrected chi connectivity index (χ3v) is 7.43. The molecule has 7 aromatic rings. The van der Waals surface area contributed by atoms with Crippen LogP contribution in [-0.2, 0) is 14.1 Å². The van der Waals surface area contributed by atoms with Gasteiger partial charge in [0.1, 0.15) is 14.1 Å². The van der Waals surface area contributed by atoms with Gasteiger partial charge in [-0.3, -0.25) is 0 Å². The molecule has 0 saturated heterocycles. The summed E-state index contributed by atoms with van der Waals surface area (Å²) in [7, 11) is 4.28. The molecular weight excluding hydrogens is 436 g/mol. The lowest BCUT2D eigenvalue weighted by atomic mass is 9.86. The zero-order valence-corrected chi connectivity index (χ0v) is 20.4. The predicted molar refractivity (Wildman–Crippen MR) is 150 cm³/mol. The van der Waals surface area contributed by atoms with E-state index in [2.05, 4.69) is 145 Å².